The van der Waals surface area contributed by atoms with Crippen molar-refractivity contribution in [1.29, 1.82) is 0 Å². The van der Waals surface area contributed by atoms with Crippen molar-refractivity contribution in [3.8, 4) is 5.75 Å². The van der Waals surface area contributed by atoms with Gasteiger partial charge in [0.1, 0.15) is 0 Å². The summed E-state index contributed by atoms with van der Waals surface area (Å²) in [6.07, 6.45) is 1.04. The van der Waals surface area contributed by atoms with Gasteiger partial charge in [-0.2, -0.15) is 0 Å². The SMILES string of the molecule is CN=C(NCCCN(C(C)C)C(C)C)NCc1ccc(OC)c(F)c1. The van der Waals surface area contributed by atoms with Crippen LogP contribution in [0.25, 0.3) is 0 Å². The second kappa shape index (κ2) is 10.9. The highest BCUT2D eigenvalue weighted by molar-refractivity contribution is 5.79. The van der Waals surface area contributed by atoms with Crippen molar-refractivity contribution in [2.75, 3.05) is 27.2 Å². The molecule has 0 atom stereocenters. The molecule has 0 amide bonds. The number of halogens is 1. The maximum absolute atomic E-state index is 13.7. The van der Waals surface area contributed by atoms with Crippen LogP contribution in [0.1, 0.15) is 39.7 Å². The van der Waals surface area contributed by atoms with E-state index in [0.717, 1.165) is 31.0 Å². The van der Waals surface area contributed by atoms with Crippen molar-refractivity contribution >= 4 is 5.96 Å². The Kier molecular flexibility index (Phi) is 9.27. The molecule has 25 heavy (non-hydrogen) atoms. The van der Waals surface area contributed by atoms with Gasteiger partial charge in [-0.3, -0.25) is 9.89 Å². The molecule has 1 rings (SSSR count). The summed E-state index contributed by atoms with van der Waals surface area (Å²) >= 11 is 0. The second-order valence-electron chi connectivity index (χ2n) is 6.60. The number of guanidine groups is 1. The average molecular weight is 352 g/mol. The van der Waals surface area contributed by atoms with E-state index < -0.39 is 0 Å². The summed E-state index contributed by atoms with van der Waals surface area (Å²) in [5.74, 6) is 0.621. The van der Waals surface area contributed by atoms with Crippen molar-refractivity contribution in [2.45, 2.75) is 52.7 Å². The van der Waals surface area contributed by atoms with Gasteiger partial charge in [0.05, 0.1) is 7.11 Å². The molecule has 5 nitrogen and oxygen atoms in total. The lowest BCUT2D eigenvalue weighted by Crippen LogP contribution is -2.41. The van der Waals surface area contributed by atoms with Crippen LogP contribution in [0.4, 0.5) is 4.39 Å². The van der Waals surface area contributed by atoms with E-state index in [4.69, 9.17) is 4.74 Å². The third kappa shape index (κ3) is 7.30. The molecule has 0 aliphatic heterocycles. The van der Waals surface area contributed by atoms with Gasteiger partial charge in [-0.25, -0.2) is 4.39 Å². The number of aliphatic imine (C=N–C) groups is 1. The molecular weight excluding hydrogens is 319 g/mol. The van der Waals surface area contributed by atoms with Crippen molar-refractivity contribution in [2.24, 2.45) is 4.99 Å². The summed E-state index contributed by atoms with van der Waals surface area (Å²) in [7, 11) is 3.19. The first kappa shape index (κ1) is 21.2. The Morgan fingerprint density at radius 1 is 1.20 bits per heavy atom. The van der Waals surface area contributed by atoms with Crippen LogP contribution in [0.5, 0.6) is 5.75 Å². The smallest absolute Gasteiger partial charge is 0.191 e. The summed E-state index contributed by atoms with van der Waals surface area (Å²) < 4.78 is 18.6. The molecule has 0 saturated heterocycles. The van der Waals surface area contributed by atoms with Gasteiger partial charge in [-0.1, -0.05) is 6.07 Å². The monoisotopic (exact) mass is 352 g/mol. The molecule has 0 radical (unpaired) electrons. The number of hydrogen-bond acceptors (Lipinski definition) is 3. The van der Waals surface area contributed by atoms with Gasteiger partial charge in [-0.05, 0) is 51.8 Å². The van der Waals surface area contributed by atoms with Crippen molar-refractivity contribution in [3.63, 3.8) is 0 Å². The topological polar surface area (TPSA) is 48.9 Å². The molecule has 0 unspecified atom stereocenters. The van der Waals surface area contributed by atoms with Gasteiger partial charge < -0.3 is 15.4 Å². The Hall–Kier alpha value is -1.82. The molecule has 0 aliphatic rings. The maximum Gasteiger partial charge on any atom is 0.191 e. The Balaban J connectivity index is 2.39. The number of rotatable bonds is 9. The van der Waals surface area contributed by atoms with Gasteiger partial charge in [0, 0.05) is 38.8 Å². The van der Waals surface area contributed by atoms with Crippen LogP contribution in [0.15, 0.2) is 23.2 Å². The number of methoxy groups -OCH3 is 1. The second-order valence-corrected chi connectivity index (χ2v) is 6.60. The molecule has 6 heteroatoms. The predicted octanol–water partition coefficient (Wildman–Crippen LogP) is 3.01. The third-order valence-electron chi connectivity index (χ3n) is 4.11. The molecule has 0 heterocycles. The van der Waals surface area contributed by atoms with Crippen LogP contribution >= 0.6 is 0 Å². The first-order valence-corrected chi connectivity index (χ1v) is 8.91. The Morgan fingerprint density at radius 3 is 2.40 bits per heavy atom. The fraction of sp³-hybridized carbons (Fsp3) is 0.632. The lowest BCUT2D eigenvalue weighted by Gasteiger charge is -2.30. The summed E-state index contributed by atoms with van der Waals surface area (Å²) in [5, 5.41) is 6.51. The first-order chi connectivity index (χ1) is 11.9. The number of benzene rings is 1. The molecule has 1 aromatic rings. The summed E-state index contributed by atoms with van der Waals surface area (Å²) in [5.41, 5.74) is 0.840. The lowest BCUT2D eigenvalue weighted by molar-refractivity contribution is 0.173. The highest BCUT2D eigenvalue weighted by Crippen LogP contribution is 2.17. The molecule has 1 aromatic carbocycles. The molecule has 0 bridgehead atoms. The maximum atomic E-state index is 13.7. The Labute approximate surface area is 151 Å². The van der Waals surface area contributed by atoms with Crippen LogP contribution in [-0.2, 0) is 6.54 Å². The van der Waals surface area contributed by atoms with E-state index in [0.29, 0.717) is 18.6 Å². The zero-order valence-corrected chi connectivity index (χ0v) is 16.4. The van der Waals surface area contributed by atoms with Gasteiger partial charge >= 0.3 is 0 Å². The standard InChI is InChI=1S/C19H33FN4O/c1-14(2)24(15(3)4)11-7-10-22-19(21-5)23-13-16-8-9-18(25-6)17(20)12-16/h8-9,12,14-15H,7,10-11,13H2,1-6H3,(H2,21,22,23). The molecule has 0 fully saturated rings. The van der Waals surface area contributed by atoms with E-state index in [-0.39, 0.29) is 11.6 Å². The molecule has 2 N–H and O–H groups in total. The zero-order valence-electron chi connectivity index (χ0n) is 16.4. The fourth-order valence-electron chi connectivity index (χ4n) is 2.81. The highest BCUT2D eigenvalue weighted by atomic mass is 19.1. The normalized spacial score (nSPS) is 12.2. The van der Waals surface area contributed by atoms with Crippen LogP contribution in [0.2, 0.25) is 0 Å². The molecule has 0 aliphatic carbocycles. The Morgan fingerprint density at radius 2 is 1.88 bits per heavy atom. The van der Waals surface area contributed by atoms with Crippen LogP contribution in [0.3, 0.4) is 0 Å². The number of ether oxygens (including phenoxy) is 1. The average Bonchev–Trinajstić information content (AvgIpc) is 2.56. The molecule has 142 valence electrons. The number of nitrogens with zero attached hydrogens (tertiary/aromatic N) is 2. The zero-order chi connectivity index (χ0) is 18.8. The molecule has 0 spiro atoms. The quantitative estimate of drug-likeness (QED) is 0.407. The summed E-state index contributed by atoms with van der Waals surface area (Å²) in [4.78, 5) is 6.68. The van der Waals surface area contributed by atoms with E-state index in [1.807, 2.05) is 6.07 Å². The number of nitrogens with one attached hydrogen (secondary N) is 2. The molecule has 0 saturated carbocycles. The molecule has 0 aromatic heterocycles. The third-order valence-corrected chi connectivity index (χ3v) is 4.11. The van der Waals surface area contributed by atoms with Gasteiger partial charge in [-0.15, -0.1) is 0 Å². The lowest BCUT2D eigenvalue weighted by atomic mass is 10.2. The van der Waals surface area contributed by atoms with E-state index in [2.05, 4.69) is 48.2 Å². The minimum Gasteiger partial charge on any atom is -0.494 e. The number of hydrogen-bond donors (Lipinski definition) is 2. The summed E-state index contributed by atoms with van der Waals surface area (Å²) in [6.45, 7) is 11.3. The van der Waals surface area contributed by atoms with Gasteiger partial charge in [0.15, 0.2) is 17.5 Å². The van der Waals surface area contributed by atoms with Gasteiger partial charge in [0.25, 0.3) is 0 Å². The summed E-state index contributed by atoms with van der Waals surface area (Å²) in [6, 6.07) is 6.03. The van der Waals surface area contributed by atoms with Crippen LogP contribution in [0, 0.1) is 5.82 Å². The largest absolute Gasteiger partial charge is 0.494 e. The minimum atomic E-state index is -0.354. The van der Waals surface area contributed by atoms with Crippen molar-refractivity contribution < 1.29 is 9.13 Å². The van der Waals surface area contributed by atoms with E-state index in [9.17, 15) is 4.39 Å². The van der Waals surface area contributed by atoms with Crippen LogP contribution < -0.4 is 15.4 Å². The Bertz CT molecular complexity index is 538. The highest BCUT2D eigenvalue weighted by Gasteiger charge is 2.12. The van der Waals surface area contributed by atoms with E-state index >= 15 is 0 Å². The van der Waals surface area contributed by atoms with Crippen molar-refractivity contribution in [3.05, 3.63) is 29.6 Å². The van der Waals surface area contributed by atoms with Crippen LogP contribution in [-0.4, -0.2) is 50.2 Å². The van der Waals surface area contributed by atoms with Crippen molar-refractivity contribution in [1.82, 2.24) is 15.5 Å². The minimum absolute atomic E-state index is 0.256. The fourth-order valence-corrected chi connectivity index (χ4v) is 2.81. The van der Waals surface area contributed by atoms with E-state index in [1.54, 1.807) is 13.1 Å². The van der Waals surface area contributed by atoms with E-state index in [1.165, 1.54) is 13.2 Å². The first-order valence-electron chi connectivity index (χ1n) is 8.91. The predicted molar refractivity (Wildman–Crippen MR) is 103 cm³/mol. The molecular formula is C19H33FN4O. The van der Waals surface area contributed by atoms with Gasteiger partial charge in [0.2, 0.25) is 0 Å².